The molecule has 1 saturated heterocycles. The third kappa shape index (κ3) is 3.52. The molecule has 0 aromatic heterocycles. The van der Waals surface area contributed by atoms with Crippen LogP contribution in [0, 0.1) is 23.7 Å². The van der Waals surface area contributed by atoms with Gasteiger partial charge in [0.1, 0.15) is 0 Å². The van der Waals surface area contributed by atoms with E-state index in [1.165, 1.54) is 38.8 Å². The molecule has 0 bridgehead atoms. The number of nitrogens with zero attached hydrogens (tertiary/aromatic N) is 1. The second kappa shape index (κ2) is 6.58. The molecule has 1 heterocycles. The summed E-state index contributed by atoms with van der Waals surface area (Å²) in [6, 6.07) is 1.50. The summed E-state index contributed by atoms with van der Waals surface area (Å²) in [6.07, 6.45) is 5.60. The Morgan fingerprint density at radius 1 is 1.05 bits per heavy atom. The molecule has 19 heavy (non-hydrogen) atoms. The van der Waals surface area contributed by atoms with E-state index in [0.717, 1.165) is 35.8 Å². The Hall–Kier alpha value is -0.0800. The Bertz CT molecular complexity index is 278. The van der Waals surface area contributed by atoms with Crippen LogP contribution in [0.15, 0.2) is 0 Å². The van der Waals surface area contributed by atoms with Crippen LogP contribution in [0.2, 0.25) is 0 Å². The van der Waals surface area contributed by atoms with Crippen molar-refractivity contribution in [1.82, 2.24) is 10.2 Å². The fourth-order valence-electron chi connectivity index (χ4n) is 4.50. The lowest BCUT2D eigenvalue weighted by molar-refractivity contribution is 0.0502. The molecular formula is C17H34N2. The first-order valence-corrected chi connectivity index (χ1v) is 8.44. The zero-order valence-corrected chi connectivity index (χ0v) is 13.7. The van der Waals surface area contributed by atoms with Crippen LogP contribution in [0.4, 0.5) is 0 Å². The van der Waals surface area contributed by atoms with Crippen molar-refractivity contribution in [3.63, 3.8) is 0 Å². The van der Waals surface area contributed by atoms with Gasteiger partial charge in [0.25, 0.3) is 0 Å². The summed E-state index contributed by atoms with van der Waals surface area (Å²) >= 11 is 0. The minimum atomic E-state index is 0.725. The number of likely N-dealkylation sites (tertiary alicyclic amines) is 1. The molecular weight excluding hydrogens is 232 g/mol. The lowest BCUT2D eigenvalue weighted by Gasteiger charge is -2.45. The molecule has 6 atom stereocenters. The molecule has 2 nitrogen and oxygen atoms in total. The van der Waals surface area contributed by atoms with Gasteiger partial charge in [0.2, 0.25) is 0 Å². The van der Waals surface area contributed by atoms with Crippen LogP contribution >= 0.6 is 0 Å². The predicted octanol–water partition coefficient (Wildman–Crippen LogP) is 3.38. The largest absolute Gasteiger partial charge is 0.317 e. The number of hydrogen-bond acceptors (Lipinski definition) is 2. The van der Waals surface area contributed by atoms with Gasteiger partial charge in [0, 0.05) is 18.6 Å². The van der Waals surface area contributed by atoms with Gasteiger partial charge in [-0.05, 0) is 69.9 Å². The molecule has 2 rings (SSSR count). The van der Waals surface area contributed by atoms with Gasteiger partial charge < -0.3 is 10.2 Å². The van der Waals surface area contributed by atoms with Gasteiger partial charge in [-0.2, -0.15) is 0 Å². The molecule has 2 heteroatoms. The van der Waals surface area contributed by atoms with Crippen LogP contribution in [0.25, 0.3) is 0 Å². The number of nitrogens with one attached hydrogen (secondary N) is 1. The fraction of sp³-hybridized carbons (Fsp3) is 1.00. The molecule has 1 N–H and O–H groups in total. The number of piperidine rings is 1. The summed E-state index contributed by atoms with van der Waals surface area (Å²) in [4.78, 5) is 2.77. The van der Waals surface area contributed by atoms with Crippen molar-refractivity contribution in [1.29, 1.82) is 0 Å². The first-order valence-electron chi connectivity index (χ1n) is 8.44. The molecule has 0 amide bonds. The molecule has 0 aromatic carbocycles. The van der Waals surface area contributed by atoms with Gasteiger partial charge in [-0.25, -0.2) is 0 Å². The summed E-state index contributed by atoms with van der Waals surface area (Å²) in [6.45, 7) is 12.4. The van der Waals surface area contributed by atoms with E-state index in [1.807, 2.05) is 0 Å². The van der Waals surface area contributed by atoms with Crippen molar-refractivity contribution in [2.24, 2.45) is 23.7 Å². The predicted molar refractivity (Wildman–Crippen MR) is 83.3 cm³/mol. The summed E-state index contributed by atoms with van der Waals surface area (Å²) in [5, 5.41) is 3.60. The van der Waals surface area contributed by atoms with Crippen molar-refractivity contribution < 1.29 is 0 Å². The Labute approximate surface area is 120 Å². The SMILES string of the molecule is CNC1CC(C)CC(C)C1CN1CCCC(C)C1C. The van der Waals surface area contributed by atoms with E-state index < -0.39 is 0 Å². The molecule has 0 spiro atoms. The molecule has 1 saturated carbocycles. The highest BCUT2D eigenvalue weighted by molar-refractivity contribution is 4.90. The van der Waals surface area contributed by atoms with E-state index in [2.05, 4.69) is 45.0 Å². The monoisotopic (exact) mass is 266 g/mol. The van der Waals surface area contributed by atoms with E-state index in [9.17, 15) is 0 Å². The molecule has 2 aliphatic rings. The van der Waals surface area contributed by atoms with Crippen LogP contribution < -0.4 is 5.32 Å². The Morgan fingerprint density at radius 3 is 2.47 bits per heavy atom. The summed E-state index contributed by atoms with van der Waals surface area (Å²) in [7, 11) is 2.16. The number of hydrogen-bond donors (Lipinski definition) is 1. The Morgan fingerprint density at radius 2 is 1.79 bits per heavy atom. The first-order chi connectivity index (χ1) is 9.02. The maximum atomic E-state index is 3.60. The standard InChI is InChI=1S/C17H34N2/c1-12-9-14(3)16(17(10-12)18-5)11-19-8-6-7-13(2)15(19)4/h12-18H,6-11H2,1-5H3. The second-order valence-corrected chi connectivity index (χ2v) is 7.47. The van der Waals surface area contributed by atoms with Gasteiger partial charge in [0.15, 0.2) is 0 Å². The van der Waals surface area contributed by atoms with Crippen LogP contribution in [-0.4, -0.2) is 37.1 Å². The Kier molecular flexibility index (Phi) is 5.30. The highest BCUT2D eigenvalue weighted by Crippen LogP contribution is 2.35. The maximum absolute atomic E-state index is 3.60. The summed E-state index contributed by atoms with van der Waals surface area (Å²) in [5.41, 5.74) is 0. The van der Waals surface area contributed by atoms with Gasteiger partial charge in [-0.15, -0.1) is 0 Å². The number of rotatable bonds is 3. The fourth-order valence-corrected chi connectivity index (χ4v) is 4.50. The molecule has 0 radical (unpaired) electrons. The molecule has 1 aliphatic carbocycles. The van der Waals surface area contributed by atoms with Crippen molar-refractivity contribution in [3.8, 4) is 0 Å². The maximum Gasteiger partial charge on any atom is 0.0110 e. The van der Waals surface area contributed by atoms with Crippen molar-refractivity contribution in [2.75, 3.05) is 20.1 Å². The van der Waals surface area contributed by atoms with Gasteiger partial charge in [0.05, 0.1) is 0 Å². The minimum Gasteiger partial charge on any atom is -0.317 e. The van der Waals surface area contributed by atoms with E-state index in [1.54, 1.807) is 0 Å². The second-order valence-electron chi connectivity index (χ2n) is 7.47. The summed E-state index contributed by atoms with van der Waals surface area (Å²) in [5.74, 6) is 3.47. The quantitative estimate of drug-likeness (QED) is 0.842. The van der Waals surface area contributed by atoms with Crippen molar-refractivity contribution in [2.45, 2.75) is 65.5 Å². The van der Waals surface area contributed by atoms with E-state index in [0.29, 0.717) is 0 Å². The Balaban J connectivity index is 1.99. The van der Waals surface area contributed by atoms with E-state index >= 15 is 0 Å². The van der Waals surface area contributed by atoms with Gasteiger partial charge in [-0.3, -0.25) is 0 Å². The third-order valence-corrected chi connectivity index (χ3v) is 6.00. The third-order valence-electron chi connectivity index (χ3n) is 6.00. The van der Waals surface area contributed by atoms with Crippen LogP contribution in [0.1, 0.15) is 53.4 Å². The molecule has 6 unspecified atom stereocenters. The van der Waals surface area contributed by atoms with Crippen LogP contribution in [0.5, 0.6) is 0 Å². The molecule has 1 aliphatic heterocycles. The normalized spacial score (nSPS) is 45.3. The lowest BCUT2D eigenvalue weighted by atomic mass is 9.72. The highest BCUT2D eigenvalue weighted by atomic mass is 15.2. The van der Waals surface area contributed by atoms with Gasteiger partial charge in [-0.1, -0.05) is 20.8 Å². The van der Waals surface area contributed by atoms with E-state index in [4.69, 9.17) is 0 Å². The molecule has 2 fully saturated rings. The van der Waals surface area contributed by atoms with Gasteiger partial charge >= 0.3 is 0 Å². The van der Waals surface area contributed by atoms with Crippen LogP contribution in [-0.2, 0) is 0 Å². The first kappa shape index (κ1) is 15.3. The zero-order chi connectivity index (χ0) is 14.0. The smallest absolute Gasteiger partial charge is 0.0110 e. The van der Waals surface area contributed by atoms with Crippen LogP contribution in [0.3, 0.4) is 0 Å². The average Bonchev–Trinajstić information content (AvgIpc) is 2.37. The minimum absolute atomic E-state index is 0.725. The average molecular weight is 266 g/mol. The zero-order valence-electron chi connectivity index (χ0n) is 13.7. The van der Waals surface area contributed by atoms with E-state index in [-0.39, 0.29) is 0 Å². The van der Waals surface area contributed by atoms with Crippen molar-refractivity contribution in [3.05, 3.63) is 0 Å². The molecule has 112 valence electrons. The highest BCUT2D eigenvalue weighted by Gasteiger charge is 2.36. The summed E-state index contributed by atoms with van der Waals surface area (Å²) < 4.78 is 0. The van der Waals surface area contributed by atoms with Crippen molar-refractivity contribution >= 4 is 0 Å². The topological polar surface area (TPSA) is 15.3 Å². The molecule has 0 aromatic rings. The lowest BCUT2D eigenvalue weighted by Crippen LogP contribution is -2.52.